The highest BCUT2D eigenvalue weighted by molar-refractivity contribution is 6.02. The van der Waals surface area contributed by atoms with E-state index >= 15 is 0 Å². The maximum Gasteiger partial charge on any atom is 0.335 e. The van der Waals surface area contributed by atoms with Gasteiger partial charge in [0.05, 0.1) is 46.8 Å². The van der Waals surface area contributed by atoms with Crippen LogP contribution in [-0.4, -0.2) is 71.3 Å². The predicted molar refractivity (Wildman–Crippen MR) is 174 cm³/mol. The van der Waals surface area contributed by atoms with Gasteiger partial charge in [0.15, 0.2) is 0 Å². The summed E-state index contributed by atoms with van der Waals surface area (Å²) >= 11 is 0. The monoisotopic (exact) mass is 595 g/mol. The average molecular weight is 596 g/mol. The number of carbonyl (C=O) groups excluding carboxylic acids is 1. The lowest BCUT2D eigenvalue weighted by Gasteiger charge is -2.26. The van der Waals surface area contributed by atoms with Gasteiger partial charge in [0.25, 0.3) is 0 Å². The molecule has 0 radical (unpaired) electrons. The van der Waals surface area contributed by atoms with Crippen molar-refractivity contribution in [3.05, 3.63) is 82.9 Å². The van der Waals surface area contributed by atoms with E-state index in [1.54, 1.807) is 48.2 Å². The van der Waals surface area contributed by atoms with Gasteiger partial charge in [0.2, 0.25) is 11.9 Å². The lowest BCUT2D eigenvalue weighted by molar-refractivity contribution is -0.111. The van der Waals surface area contributed by atoms with Crippen molar-refractivity contribution in [2.45, 2.75) is 20.4 Å². The molecule has 0 fully saturated rings. The number of rotatable bonds is 12. The highest BCUT2D eigenvalue weighted by atomic mass is 16.5. The van der Waals surface area contributed by atoms with Crippen LogP contribution in [0.4, 0.5) is 23.0 Å². The molecule has 4 rings (SSSR count). The number of methoxy groups -OCH3 is 1. The molecule has 4 aromatic rings. The SMILES string of the molecule is C=CC(=O)Nc1cc(Nc2nccc(-n3c(=O)n(CC=C(C)C)c4cc(C#N)ccc43)n2)c(OC)cc1N(C)CCN(C)C. The van der Waals surface area contributed by atoms with Crippen LogP contribution in [0.2, 0.25) is 0 Å². The molecule has 2 aromatic heterocycles. The van der Waals surface area contributed by atoms with Gasteiger partial charge in [-0.05, 0) is 58.3 Å². The molecule has 2 aromatic carbocycles. The standard InChI is InChI=1S/C32H37N9O3/c1-8-30(42)35-23-18-24(28(44-7)19-26(23)39(6)16-15-38(4)5)36-31-34-13-11-29(37-31)41-25-10-9-22(20-33)17-27(25)40(32(41)43)14-12-21(2)3/h8-13,17-19H,1,14-16H2,2-7H3,(H,35,42)(H,34,36,37). The molecular weight excluding hydrogens is 558 g/mol. The third-order valence-electron chi connectivity index (χ3n) is 6.91. The van der Waals surface area contributed by atoms with Crippen molar-refractivity contribution in [1.29, 1.82) is 5.26 Å². The number of imidazole rings is 1. The number of likely N-dealkylation sites (N-methyl/N-ethyl adjacent to an activating group) is 2. The highest BCUT2D eigenvalue weighted by Gasteiger charge is 2.19. The zero-order valence-electron chi connectivity index (χ0n) is 25.9. The number of aromatic nitrogens is 4. The first-order valence-corrected chi connectivity index (χ1v) is 14.0. The summed E-state index contributed by atoms with van der Waals surface area (Å²) in [7, 11) is 7.48. The van der Waals surface area contributed by atoms with E-state index in [9.17, 15) is 14.9 Å². The summed E-state index contributed by atoms with van der Waals surface area (Å²) in [5, 5.41) is 15.5. The molecule has 1 amide bonds. The Morgan fingerprint density at radius 1 is 1.11 bits per heavy atom. The van der Waals surface area contributed by atoms with Crippen LogP contribution in [0, 0.1) is 11.3 Å². The van der Waals surface area contributed by atoms with E-state index in [4.69, 9.17) is 4.74 Å². The van der Waals surface area contributed by atoms with Gasteiger partial charge in [0, 0.05) is 45.0 Å². The second-order valence-electron chi connectivity index (χ2n) is 10.7. The number of nitrogens with zero attached hydrogens (tertiary/aromatic N) is 7. The number of amides is 1. The Labute approximate surface area is 256 Å². The van der Waals surface area contributed by atoms with Gasteiger partial charge in [-0.3, -0.25) is 9.36 Å². The zero-order valence-corrected chi connectivity index (χ0v) is 25.9. The number of carbonyl (C=O) groups is 1. The minimum absolute atomic E-state index is 0.209. The normalized spacial score (nSPS) is 10.8. The first-order chi connectivity index (χ1) is 21.1. The molecule has 0 aliphatic heterocycles. The Morgan fingerprint density at radius 3 is 2.55 bits per heavy atom. The fourth-order valence-electron chi connectivity index (χ4n) is 4.56. The number of benzene rings is 2. The zero-order chi connectivity index (χ0) is 32.0. The van der Waals surface area contributed by atoms with Crippen LogP contribution in [-0.2, 0) is 11.3 Å². The lowest BCUT2D eigenvalue weighted by Crippen LogP contribution is -2.29. The van der Waals surface area contributed by atoms with Gasteiger partial charge in [0.1, 0.15) is 11.6 Å². The van der Waals surface area contributed by atoms with Gasteiger partial charge in [-0.15, -0.1) is 0 Å². The van der Waals surface area contributed by atoms with Crippen LogP contribution in [0.5, 0.6) is 5.75 Å². The summed E-state index contributed by atoms with van der Waals surface area (Å²) in [5.41, 5.74) is 4.26. The van der Waals surface area contributed by atoms with Gasteiger partial charge in [-0.1, -0.05) is 18.2 Å². The van der Waals surface area contributed by atoms with Crippen molar-refractivity contribution >= 4 is 40.0 Å². The van der Waals surface area contributed by atoms with Crippen molar-refractivity contribution in [2.75, 3.05) is 56.9 Å². The Balaban J connectivity index is 1.78. The summed E-state index contributed by atoms with van der Waals surface area (Å²) in [6.07, 6.45) is 4.71. The van der Waals surface area contributed by atoms with Gasteiger partial charge >= 0.3 is 5.69 Å². The number of hydrogen-bond donors (Lipinski definition) is 2. The predicted octanol–water partition coefficient (Wildman–Crippen LogP) is 4.29. The first-order valence-electron chi connectivity index (χ1n) is 14.0. The fourth-order valence-corrected chi connectivity index (χ4v) is 4.56. The fraction of sp³-hybridized carbons (Fsp3) is 0.281. The number of nitrogens with one attached hydrogen (secondary N) is 2. The maximum absolute atomic E-state index is 13.7. The van der Waals surface area contributed by atoms with E-state index in [0.717, 1.165) is 17.8 Å². The number of ether oxygens (including phenoxy) is 1. The summed E-state index contributed by atoms with van der Waals surface area (Å²) in [6, 6.07) is 12.5. The van der Waals surface area contributed by atoms with Gasteiger partial charge < -0.3 is 25.2 Å². The molecule has 0 unspecified atom stereocenters. The summed E-state index contributed by atoms with van der Waals surface area (Å²) in [6.45, 7) is 9.35. The van der Waals surface area contributed by atoms with E-state index in [1.807, 2.05) is 52.0 Å². The Bertz CT molecular complexity index is 1830. The number of allylic oxidation sites excluding steroid dienone is 2. The molecule has 0 atom stereocenters. The van der Waals surface area contributed by atoms with Gasteiger partial charge in [-0.2, -0.15) is 10.2 Å². The second kappa shape index (κ2) is 13.7. The number of anilines is 4. The van der Waals surface area contributed by atoms with Crippen molar-refractivity contribution in [3.63, 3.8) is 0 Å². The summed E-state index contributed by atoms with van der Waals surface area (Å²) in [5.74, 6) is 0.700. The number of fused-ring (bicyclic) bond motifs is 1. The minimum atomic E-state index is -0.356. The van der Waals surface area contributed by atoms with E-state index in [2.05, 4.69) is 38.1 Å². The van der Waals surface area contributed by atoms with Crippen molar-refractivity contribution < 1.29 is 9.53 Å². The molecule has 44 heavy (non-hydrogen) atoms. The molecule has 0 aliphatic carbocycles. The van der Waals surface area contributed by atoms with Crippen LogP contribution < -0.4 is 26.0 Å². The van der Waals surface area contributed by atoms with Crippen LogP contribution in [0.1, 0.15) is 19.4 Å². The van der Waals surface area contributed by atoms with Crippen molar-refractivity contribution in [2.24, 2.45) is 0 Å². The van der Waals surface area contributed by atoms with Crippen molar-refractivity contribution in [3.8, 4) is 17.6 Å². The summed E-state index contributed by atoms with van der Waals surface area (Å²) < 4.78 is 8.82. The third kappa shape index (κ3) is 6.96. The molecule has 2 heterocycles. The molecule has 0 spiro atoms. The Kier molecular flexibility index (Phi) is 9.82. The van der Waals surface area contributed by atoms with Crippen LogP contribution in [0.25, 0.3) is 16.9 Å². The first kappa shape index (κ1) is 31.5. The van der Waals surface area contributed by atoms with E-state index in [-0.39, 0.29) is 17.5 Å². The van der Waals surface area contributed by atoms with E-state index < -0.39 is 0 Å². The number of nitriles is 1. The van der Waals surface area contributed by atoms with Crippen LogP contribution in [0.15, 0.2) is 71.7 Å². The molecule has 12 heteroatoms. The van der Waals surface area contributed by atoms with Crippen LogP contribution in [0.3, 0.4) is 0 Å². The highest BCUT2D eigenvalue weighted by Crippen LogP contribution is 2.38. The molecule has 2 N–H and O–H groups in total. The topological polar surface area (TPSA) is 133 Å². The van der Waals surface area contributed by atoms with E-state index in [1.165, 1.54) is 10.6 Å². The van der Waals surface area contributed by atoms with E-state index in [0.29, 0.717) is 52.6 Å². The Hall–Kier alpha value is -5.41. The molecule has 0 saturated carbocycles. The largest absolute Gasteiger partial charge is 0.494 e. The van der Waals surface area contributed by atoms with Crippen molar-refractivity contribution in [1.82, 2.24) is 24.0 Å². The average Bonchev–Trinajstić information content (AvgIpc) is 3.28. The molecule has 0 bridgehead atoms. The molecular formula is C32H37N9O3. The van der Waals surface area contributed by atoms with Crippen LogP contribution >= 0.6 is 0 Å². The molecule has 12 nitrogen and oxygen atoms in total. The molecule has 0 aliphatic rings. The smallest absolute Gasteiger partial charge is 0.335 e. The van der Waals surface area contributed by atoms with Gasteiger partial charge in [-0.25, -0.2) is 14.3 Å². The molecule has 228 valence electrons. The third-order valence-corrected chi connectivity index (χ3v) is 6.91. The number of hydrogen-bond acceptors (Lipinski definition) is 9. The maximum atomic E-state index is 13.7. The quantitative estimate of drug-likeness (QED) is 0.182. The summed E-state index contributed by atoms with van der Waals surface area (Å²) in [4.78, 5) is 39.2. The minimum Gasteiger partial charge on any atom is -0.494 e. The lowest BCUT2D eigenvalue weighted by atomic mass is 10.2. The Morgan fingerprint density at radius 2 is 1.89 bits per heavy atom. The molecule has 0 saturated heterocycles. The second-order valence-corrected chi connectivity index (χ2v) is 10.7.